The van der Waals surface area contributed by atoms with E-state index in [0.29, 0.717) is 6.04 Å². The van der Waals surface area contributed by atoms with Crippen molar-refractivity contribution in [1.29, 1.82) is 0 Å². The summed E-state index contributed by atoms with van der Waals surface area (Å²) in [5.74, 6) is 1.99. The van der Waals surface area contributed by atoms with Crippen molar-refractivity contribution in [3.05, 3.63) is 29.3 Å². The summed E-state index contributed by atoms with van der Waals surface area (Å²) in [7, 11) is 0. The summed E-state index contributed by atoms with van der Waals surface area (Å²) in [5, 5.41) is 3.67. The Bertz CT molecular complexity index is 412. The molecular formula is C16H23NO. The van der Waals surface area contributed by atoms with Crippen LogP contribution in [-0.2, 0) is 6.42 Å². The summed E-state index contributed by atoms with van der Waals surface area (Å²) in [6.07, 6.45) is 6.45. The quantitative estimate of drug-likeness (QED) is 0.877. The van der Waals surface area contributed by atoms with Gasteiger partial charge < -0.3 is 10.1 Å². The molecule has 1 heterocycles. The topological polar surface area (TPSA) is 21.3 Å². The third-order valence-electron chi connectivity index (χ3n) is 4.34. The lowest BCUT2D eigenvalue weighted by Gasteiger charge is -2.36. The molecule has 0 aromatic heterocycles. The minimum Gasteiger partial charge on any atom is -0.493 e. The molecule has 1 atom stereocenters. The van der Waals surface area contributed by atoms with Gasteiger partial charge in [-0.1, -0.05) is 31.5 Å². The number of benzene rings is 1. The van der Waals surface area contributed by atoms with Crippen LogP contribution in [0.2, 0.25) is 0 Å². The molecule has 1 aliphatic carbocycles. The predicted molar refractivity (Wildman–Crippen MR) is 74.0 cm³/mol. The van der Waals surface area contributed by atoms with Gasteiger partial charge in [-0.05, 0) is 43.7 Å². The highest BCUT2D eigenvalue weighted by Gasteiger charge is 2.30. The van der Waals surface area contributed by atoms with Crippen molar-refractivity contribution in [2.75, 3.05) is 13.2 Å². The summed E-state index contributed by atoms with van der Waals surface area (Å²) >= 11 is 0. The monoisotopic (exact) mass is 245 g/mol. The van der Waals surface area contributed by atoms with Gasteiger partial charge >= 0.3 is 0 Å². The third kappa shape index (κ3) is 2.14. The van der Waals surface area contributed by atoms with Gasteiger partial charge in [-0.3, -0.25) is 0 Å². The lowest BCUT2D eigenvalue weighted by atomic mass is 9.76. The van der Waals surface area contributed by atoms with E-state index in [0.717, 1.165) is 25.5 Å². The van der Waals surface area contributed by atoms with E-state index in [1.54, 1.807) is 0 Å². The molecule has 2 aliphatic rings. The molecule has 0 bridgehead atoms. The van der Waals surface area contributed by atoms with Crippen LogP contribution >= 0.6 is 0 Å². The summed E-state index contributed by atoms with van der Waals surface area (Å²) in [5.41, 5.74) is 2.81. The fourth-order valence-corrected chi connectivity index (χ4v) is 3.18. The second-order valence-corrected chi connectivity index (χ2v) is 5.51. The van der Waals surface area contributed by atoms with Gasteiger partial charge in [-0.2, -0.15) is 0 Å². The van der Waals surface area contributed by atoms with Crippen molar-refractivity contribution in [2.24, 2.45) is 5.92 Å². The van der Waals surface area contributed by atoms with Crippen LogP contribution < -0.4 is 10.1 Å². The number of nitrogens with one attached hydrogen (secondary N) is 1. The fraction of sp³-hybridized carbons (Fsp3) is 0.625. The molecule has 0 radical (unpaired) electrons. The van der Waals surface area contributed by atoms with E-state index in [2.05, 4.69) is 30.4 Å². The molecular weight excluding hydrogens is 222 g/mol. The molecule has 18 heavy (non-hydrogen) atoms. The number of para-hydroxylation sites is 1. The molecule has 1 N–H and O–H groups in total. The molecule has 1 unspecified atom stereocenters. The largest absolute Gasteiger partial charge is 0.493 e. The number of ether oxygens (including phenoxy) is 1. The van der Waals surface area contributed by atoms with Crippen molar-refractivity contribution in [3.63, 3.8) is 0 Å². The van der Waals surface area contributed by atoms with Gasteiger partial charge in [0.1, 0.15) is 5.75 Å². The molecule has 2 nitrogen and oxygen atoms in total. The van der Waals surface area contributed by atoms with Crippen LogP contribution in [0.25, 0.3) is 0 Å². The molecule has 1 aliphatic heterocycles. The van der Waals surface area contributed by atoms with Crippen molar-refractivity contribution in [1.82, 2.24) is 5.32 Å². The van der Waals surface area contributed by atoms with E-state index in [4.69, 9.17) is 4.74 Å². The first-order chi connectivity index (χ1) is 8.90. The predicted octanol–water partition coefficient (Wildman–Crippen LogP) is 3.46. The first-order valence-electron chi connectivity index (χ1n) is 7.38. The van der Waals surface area contributed by atoms with Crippen molar-refractivity contribution >= 4 is 0 Å². The Morgan fingerprint density at radius 1 is 1.33 bits per heavy atom. The second kappa shape index (κ2) is 5.31. The van der Waals surface area contributed by atoms with Crippen molar-refractivity contribution < 1.29 is 4.74 Å². The van der Waals surface area contributed by atoms with Gasteiger partial charge in [-0.25, -0.2) is 0 Å². The summed E-state index contributed by atoms with van der Waals surface area (Å²) in [6, 6.07) is 7.18. The maximum Gasteiger partial charge on any atom is 0.127 e. The SMILES string of the molecule is CCNC(c1cccc2c1OCCC2)C1CCC1. The van der Waals surface area contributed by atoms with E-state index < -0.39 is 0 Å². The first-order valence-corrected chi connectivity index (χ1v) is 7.38. The molecule has 98 valence electrons. The van der Waals surface area contributed by atoms with E-state index in [1.807, 2.05) is 0 Å². The standard InChI is InChI=1S/C16H23NO/c1-2-17-15(12-6-3-7-12)14-10-4-8-13-9-5-11-18-16(13)14/h4,8,10,12,15,17H,2-3,5-7,9,11H2,1H3. The van der Waals surface area contributed by atoms with E-state index >= 15 is 0 Å². The Hall–Kier alpha value is -1.02. The molecule has 1 saturated carbocycles. The minimum atomic E-state index is 0.497. The van der Waals surface area contributed by atoms with Gasteiger partial charge in [0.15, 0.2) is 0 Å². The molecule has 3 rings (SSSR count). The molecule has 0 amide bonds. The molecule has 0 spiro atoms. The Labute approximate surface area is 110 Å². The Balaban J connectivity index is 1.92. The smallest absolute Gasteiger partial charge is 0.127 e. The number of rotatable bonds is 4. The maximum absolute atomic E-state index is 5.96. The number of hydrogen-bond acceptors (Lipinski definition) is 2. The molecule has 2 heteroatoms. The van der Waals surface area contributed by atoms with E-state index in [1.165, 1.54) is 42.6 Å². The fourth-order valence-electron chi connectivity index (χ4n) is 3.18. The Morgan fingerprint density at radius 2 is 2.22 bits per heavy atom. The van der Waals surface area contributed by atoms with Gasteiger partial charge in [0.25, 0.3) is 0 Å². The molecule has 1 aromatic rings. The van der Waals surface area contributed by atoms with Crippen LogP contribution in [0.3, 0.4) is 0 Å². The average Bonchev–Trinajstić information content (AvgIpc) is 2.35. The minimum absolute atomic E-state index is 0.497. The molecule has 1 aromatic carbocycles. The zero-order valence-electron chi connectivity index (χ0n) is 11.2. The van der Waals surface area contributed by atoms with Gasteiger partial charge in [0.05, 0.1) is 6.61 Å². The normalized spacial score (nSPS) is 20.7. The lowest BCUT2D eigenvalue weighted by molar-refractivity contribution is 0.221. The maximum atomic E-state index is 5.96. The van der Waals surface area contributed by atoms with Crippen LogP contribution in [0, 0.1) is 5.92 Å². The average molecular weight is 245 g/mol. The first kappa shape index (κ1) is 12.0. The highest BCUT2D eigenvalue weighted by Crippen LogP contribution is 2.42. The lowest BCUT2D eigenvalue weighted by Crippen LogP contribution is -2.32. The summed E-state index contributed by atoms with van der Waals surface area (Å²) in [6.45, 7) is 4.11. The molecule has 0 saturated heterocycles. The Morgan fingerprint density at radius 3 is 2.94 bits per heavy atom. The van der Waals surface area contributed by atoms with Crippen LogP contribution in [0.5, 0.6) is 5.75 Å². The van der Waals surface area contributed by atoms with E-state index in [-0.39, 0.29) is 0 Å². The number of aryl methyl sites for hydroxylation is 1. The van der Waals surface area contributed by atoms with Crippen LogP contribution in [0.1, 0.15) is 49.8 Å². The van der Waals surface area contributed by atoms with Gasteiger partial charge in [0, 0.05) is 11.6 Å². The zero-order valence-corrected chi connectivity index (χ0v) is 11.2. The second-order valence-electron chi connectivity index (χ2n) is 5.51. The summed E-state index contributed by atoms with van der Waals surface area (Å²) in [4.78, 5) is 0. The van der Waals surface area contributed by atoms with Crippen LogP contribution in [0.15, 0.2) is 18.2 Å². The van der Waals surface area contributed by atoms with Crippen molar-refractivity contribution in [3.8, 4) is 5.75 Å². The Kier molecular flexibility index (Phi) is 3.55. The van der Waals surface area contributed by atoms with Crippen LogP contribution in [-0.4, -0.2) is 13.2 Å². The summed E-state index contributed by atoms with van der Waals surface area (Å²) < 4.78 is 5.96. The van der Waals surface area contributed by atoms with Crippen LogP contribution in [0.4, 0.5) is 0 Å². The van der Waals surface area contributed by atoms with Gasteiger partial charge in [0.2, 0.25) is 0 Å². The highest BCUT2D eigenvalue weighted by molar-refractivity contribution is 5.45. The zero-order chi connectivity index (χ0) is 12.4. The third-order valence-corrected chi connectivity index (χ3v) is 4.34. The van der Waals surface area contributed by atoms with E-state index in [9.17, 15) is 0 Å². The van der Waals surface area contributed by atoms with Crippen molar-refractivity contribution in [2.45, 2.75) is 45.1 Å². The highest BCUT2D eigenvalue weighted by atomic mass is 16.5. The number of fused-ring (bicyclic) bond motifs is 1. The number of hydrogen-bond donors (Lipinski definition) is 1. The van der Waals surface area contributed by atoms with Gasteiger partial charge in [-0.15, -0.1) is 0 Å². The molecule has 1 fully saturated rings.